The lowest BCUT2D eigenvalue weighted by Crippen LogP contribution is -2.31. The predicted octanol–water partition coefficient (Wildman–Crippen LogP) is 2.42. The normalized spacial score (nSPS) is 26.3. The molecular formula is C15H28O5. The summed E-state index contributed by atoms with van der Waals surface area (Å²) in [7, 11) is 3.28. The zero-order valence-electron chi connectivity index (χ0n) is 12.6. The fourth-order valence-corrected chi connectivity index (χ4v) is 3.28. The average molecular weight is 288 g/mol. The van der Waals surface area contributed by atoms with Crippen LogP contribution in [0.25, 0.3) is 0 Å². The highest BCUT2D eigenvalue weighted by molar-refractivity contribution is 5.66. The highest BCUT2D eigenvalue weighted by Crippen LogP contribution is 2.38. The molecule has 0 aromatic heterocycles. The van der Waals surface area contributed by atoms with E-state index in [0.717, 1.165) is 44.9 Å². The number of carboxylic acids is 1. The van der Waals surface area contributed by atoms with Crippen molar-refractivity contribution in [3.8, 4) is 0 Å². The number of aliphatic hydroxyl groups is 1. The van der Waals surface area contributed by atoms with E-state index in [-0.39, 0.29) is 30.7 Å². The maximum atomic E-state index is 10.4. The van der Waals surface area contributed by atoms with Crippen LogP contribution in [0.3, 0.4) is 0 Å². The van der Waals surface area contributed by atoms with Crippen LogP contribution in [0.15, 0.2) is 0 Å². The summed E-state index contributed by atoms with van der Waals surface area (Å²) in [6, 6.07) is 0. The monoisotopic (exact) mass is 288 g/mol. The Hall–Kier alpha value is -0.650. The van der Waals surface area contributed by atoms with E-state index in [1.165, 1.54) is 0 Å². The second-order valence-electron chi connectivity index (χ2n) is 5.66. The zero-order chi connectivity index (χ0) is 15.0. The van der Waals surface area contributed by atoms with Crippen LogP contribution in [0.4, 0.5) is 0 Å². The van der Waals surface area contributed by atoms with Crippen molar-refractivity contribution in [3.63, 3.8) is 0 Å². The summed E-state index contributed by atoms with van der Waals surface area (Å²) in [6.45, 7) is 0. The van der Waals surface area contributed by atoms with E-state index in [2.05, 4.69) is 0 Å². The second kappa shape index (κ2) is 9.32. The largest absolute Gasteiger partial charge is 0.481 e. The van der Waals surface area contributed by atoms with E-state index in [1.54, 1.807) is 14.2 Å². The summed E-state index contributed by atoms with van der Waals surface area (Å²) in [4.78, 5) is 10.4. The van der Waals surface area contributed by atoms with Gasteiger partial charge in [-0.15, -0.1) is 0 Å². The van der Waals surface area contributed by atoms with Gasteiger partial charge in [-0.05, 0) is 31.6 Å². The smallest absolute Gasteiger partial charge is 0.303 e. The third-order valence-electron chi connectivity index (χ3n) is 4.33. The Morgan fingerprint density at radius 3 is 2.40 bits per heavy atom. The SMILES string of the molecule is COC(OC)C1CCC(O)C1CCCCCCC(=O)O. The molecule has 2 N–H and O–H groups in total. The van der Waals surface area contributed by atoms with Crippen LogP contribution in [0.5, 0.6) is 0 Å². The van der Waals surface area contributed by atoms with Gasteiger partial charge in [0.15, 0.2) is 6.29 Å². The summed E-state index contributed by atoms with van der Waals surface area (Å²) in [5.74, 6) is -0.224. The van der Waals surface area contributed by atoms with E-state index in [4.69, 9.17) is 14.6 Å². The first-order valence-corrected chi connectivity index (χ1v) is 7.55. The maximum Gasteiger partial charge on any atom is 0.303 e. The molecule has 5 nitrogen and oxygen atoms in total. The number of aliphatic hydroxyl groups excluding tert-OH is 1. The summed E-state index contributed by atoms with van der Waals surface area (Å²) in [5.41, 5.74) is 0. The lowest BCUT2D eigenvalue weighted by Gasteiger charge is -2.27. The van der Waals surface area contributed by atoms with Crippen molar-refractivity contribution in [2.45, 2.75) is 63.8 Å². The molecule has 0 radical (unpaired) electrons. The molecule has 0 aromatic rings. The lowest BCUT2D eigenvalue weighted by atomic mass is 9.88. The van der Waals surface area contributed by atoms with Crippen LogP contribution in [0.2, 0.25) is 0 Å². The van der Waals surface area contributed by atoms with Gasteiger partial charge in [-0.1, -0.05) is 19.3 Å². The molecule has 0 aromatic carbocycles. The minimum absolute atomic E-state index is 0.232. The van der Waals surface area contributed by atoms with Gasteiger partial charge in [0.05, 0.1) is 6.10 Å². The van der Waals surface area contributed by atoms with Crippen LogP contribution in [0.1, 0.15) is 51.4 Å². The van der Waals surface area contributed by atoms with Gasteiger partial charge in [0.25, 0.3) is 0 Å². The minimum atomic E-state index is -0.723. The molecule has 0 saturated heterocycles. The summed E-state index contributed by atoms with van der Waals surface area (Å²) >= 11 is 0. The fraction of sp³-hybridized carbons (Fsp3) is 0.933. The van der Waals surface area contributed by atoms with Gasteiger partial charge >= 0.3 is 5.97 Å². The molecule has 1 saturated carbocycles. The topological polar surface area (TPSA) is 76.0 Å². The standard InChI is InChI=1S/C15H28O5/c1-19-15(20-2)12-9-10-13(16)11(12)7-5-3-4-6-8-14(17)18/h11-13,15-16H,3-10H2,1-2H3,(H,17,18). The molecule has 0 amide bonds. The van der Waals surface area contributed by atoms with Gasteiger partial charge in [0.1, 0.15) is 0 Å². The Bertz CT molecular complexity index is 277. The van der Waals surface area contributed by atoms with Crippen LogP contribution in [0, 0.1) is 11.8 Å². The molecule has 0 heterocycles. The van der Waals surface area contributed by atoms with E-state index in [0.29, 0.717) is 0 Å². The van der Waals surface area contributed by atoms with E-state index < -0.39 is 5.97 Å². The number of carbonyl (C=O) groups is 1. The van der Waals surface area contributed by atoms with Gasteiger partial charge in [0, 0.05) is 26.6 Å². The molecule has 1 aliphatic rings. The molecule has 1 fully saturated rings. The highest BCUT2D eigenvalue weighted by Gasteiger charge is 2.39. The number of methoxy groups -OCH3 is 2. The van der Waals surface area contributed by atoms with E-state index in [1.807, 2.05) is 0 Å². The number of carboxylic acid groups (broad SMARTS) is 1. The Balaban J connectivity index is 2.27. The second-order valence-corrected chi connectivity index (χ2v) is 5.66. The predicted molar refractivity (Wildman–Crippen MR) is 75.4 cm³/mol. The molecule has 3 atom stereocenters. The van der Waals surface area contributed by atoms with Gasteiger partial charge in [-0.25, -0.2) is 0 Å². The molecule has 20 heavy (non-hydrogen) atoms. The molecule has 3 unspecified atom stereocenters. The van der Waals surface area contributed by atoms with E-state index in [9.17, 15) is 9.90 Å². The summed E-state index contributed by atoms with van der Waals surface area (Å²) < 4.78 is 10.7. The Morgan fingerprint density at radius 1 is 1.15 bits per heavy atom. The Labute approximate surface area is 121 Å². The Morgan fingerprint density at radius 2 is 1.80 bits per heavy atom. The van der Waals surface area contributed by atoms with Crippen molar-refractivity contribution >= 4 is 5.97 Å². The van der Waals surface area contributed by atoms with Gasteiger partial charge < -0.3 is 19.7 Å². The minimum Gasteiger partial charge on any atom is -0.481 e. The molecule has 1 aliphatic carbocycles. The van der Waals surface area contributed by atoms with Gasteiger partial charge in [-0.3, -0.25) is 4.79 Å². The van der Waals surface area contributed by atoms with Crippen LogP contribution >= 0.6 is 0 Å². The number of unbranched alkanes of at least 4 members (excludes halogenated alkanes) is 3. The van der Waals surface area contributed by atoms with Crippen molar-refractivity contribution in [2.75, 3.05) is 14.2 Å². The summed E-state index contributed by atoms with van der Waals surface area (Å²) in [5, 5.41) is 18.7. The Kier molecular flexibility index (Phi) is 8.11. The maximum absolute atomic E-state index is 10.4. The van der Waals surface area contributed by atoms with Gasteiger partial charge in [0.2, 0.25) is 0 Å². The van der Waals surface area contributed by atoms with Gasteiger partial charge in [-0.2, -0.15) is 0 Å². The van der Waals surface area contributed by atoms with Crippen LogP contribution < -0.4 is 0 Å². The molecule has 5 heteroatoms. The number of hydrogen-bond acceptors (Lipinski definition) is 4. The summed E-state index contributed by atoms with van der Waals surface area (Å²) in [6.07, 6.45) is 6.21. The quantitative estimate of drug-likeness (QED) is 0.477. The number of hydrogen-bond donors (Lipinski definition) is 2. The van der Waals surface area contributed by atoms with E-state index >= 15 is 0 Å². The first-order valence-electron chi connectivity index (χ1n) is 7.55. The third-order valence-corrected chi connectivity index (χ3v) is 4.33. The molecule has 0 aliphatic heterocycles. The van der Waals surface area contributed by atoms with Crippen LogP contribution in [-0.4, -0.2) is 42.8 Å². The molecular weight excluding hydrogens is 260 g/mol. The highest BCUT2D eigenvalue weighted by atomic mass is 16.7. The van der Waals surface area contributed by atoms with Crippen LogP contribution in [-0.2, 0) is 14.3 Å². The van der Waals surface area contributed by atoms with Crippen molar-refractivity contribution in [1.29, 1.82) is 0 Å². The molecule has 118 valence electrons. The lowest BCUT2D eigenvalue weighted by molar-refractivity contribution is -0.149. The average Bonchev–Trinajstić information content (AvgIpc) is 2.77. The number of rotatable bonds is 10. The number of ether oxygens (including phenoxy) is 2. The first-order chi connectivity index (χ1) is 9.60. The fourth-order valence-electron chi connectivity index (χ4n) is 3.28. The molecule has 1 rings (SSSR count). The molecule has 0 bridgehead atoms. The van der Waals surface area contributed by atoms with Crippen molar-refractivity contribution in [2.24, 2.45) is 11.8 Å². The third kappa shape index (κ3) is 5.38. The van der Waals surface area contributed by atoms with Crippen molar-refractivity contribution in [1.82, 2.24) is 0 Å². The van der Waals surface area contributed by atoms with Crippen molar-refractivity contribution < 1.29 is 24.5 Å². The first kappa shape index (κ1) is 17.4. The number of aliphatic carboxylic acids is 1. The molecule has 0 spiro atoms. The zero-order valence-corrected chi connectivity index (χ0v) is 12.6. The van der Waals surface area contributed by atoms with Crippen molar-refractivity contribution in [3.05, 3.63) is 0 Å².